The molecule has 10 heteroatoms. The Hall–Kier alpha value is -6.42. The Morgan fingerprint density at radius 2 is 1.00 bits per heavy atom. The number of aliphatic imine (C=N–C) groups is 2. The minimum absolute atomic E-state index is 0.0271. The Kier molecular flexibility index (Phi) is 5.61. The van der Waals surface area contributed by atoms with Crippen molar-refractivity contribution < 1.29 is 39.4 Å². The van der Waals surface area contributed by atoms with Crippen molar-refractivity contribution in [2.75, 3.05) is 13.6 Å². The van der Waals surface area contributed by atoms with Gasteiger partial charge in [-0.2, -0.15) is 0 Å². The van der Waals surface area contributed by atoms with Crippen molar-refractivity contribution in [2.45, 2.75) is 5.66 Å². The lowest BCUT2D eigenvalue weighted by Crippen LogP contribution is -2.21. The van der Waals surface area contributed by atoms with Gasteiger partial charge in [-0.15, -0.1) is 0 Å². The third-order valence-corrected chi connectivity index (χ3v) is 8.92. The molecule has 1 aliphatic carbocycles. The molecule has 0 aromatic heterocycles. The summed E-state index contributed by atoms with van der Waals surface area (Å²) in [4.78, 5) is 10.3. The standard InChI is InChI=1S/C37H24N2O8/c40-27-13-19-5-1-3-7-21(19)23(33(27)42)15-38-37(39-16-24-22-8-4-2-6-20(22)14-28(41)34(24)43)25-9-11-29-35(46-17-44-29)31(25)32-26(37)10-12-30-36(32)47-18-45-30/h1-16,40-43H,17-18H2/b38-15+,39-16+. The van der Waals surface area contributed by atoms with Gasteiger partial charge in [0.05, 0.1) is 0 Å². The molecule has 2 heterocycles. The summed E-state index contributed by atoms with van der Waals surface area (Å²) >= 11 is 0. The Morgan fingerprint density at radius 3 is 1.47 bits per heavy atom. The van der Waals surface area contributed by atoms with Crippen LogP contribution < -0.4 is 18.9 Å². The lowest BCUT2D eigenvalue weighted by atomic mass is 9.96. The predicted molar refractivity (Wildman–Crippen MR) is 175 cm³/mol. The van der Waals surface area contributed by atoms with E-state index in [4.69, 9.17) is 28.9 Å². The van der Waals surface area contributed by atoms with Crippen molar-refractivity contribution in [1.82, 2.24) is 0 Å². The maximum atomic E-state index is 11.1. The Labute approximate surface area is 266 Å². The van der Waals surface area contributed by atoms with E-state index in [2.05, 4.69) is 0 Å². The molecule has 9 rings (SSSR count). The van der Waals surface area contributed by atoms with Crippen LogP contribution >= 0.6 is 0 Å². The summed E-state index contributed by atoms with van der Waals surface area (Å²) in [5, 5.41) is 46.2. The average Bonchev–Trinajstić information content (AvgIpc) is 3.82. The topological polar surface area (TPSA) is 143 Å². The number of fused-ring (bicyclic) bond motifs is 9. The molecule has 2 aliphatic heterocycles. The summed E-state index contributed by atoms with van der Waals surface area (Å²) in [7, 11) is 0. The monoisotopic (exact) mass is 624 g/mol. The smallest absolute Gasteiger partial charge is 0.231 e. The third-order valence-electron chi connectivity index (χ3n) is 8.92. The van der Waals surface area contributed by atoms with E-state index >= 15 is 0 Å². The molecule has 3 aliphatic rings. The van der Waals surface area contributed by atoms with Crippen LogP contribution in [0.4, 0.5) is 0 Å². The zero-order chi connectivity index (χ0) is 31.9. The van der Waals surface area contributed by atoms with Gasteiger partial charge < -0.3 is 39.4 Å². The largest absolute Gasteiger partial charge is 0.504 e. The van der Waals surface area contributed by atoms with E-state index in [0.717, 1.165) is 0 Å². The first-order valence-electron chi connectivity index (χ1n) is 14.8. The molecule has 0 saturated carbocycles. The van der Waals surface area contributed by atoms with Gasteiger partial charge in [-0.3, -0.25) is 9.98 Å². The van der Waals surface area contributed by atoms with Gasteiger partial charge in [-0.05, 0) is 57.9 Å². The summed E-state index contributed by atoms with van der Waals surface area (Å²) in [5.74, 6) is 0.825. The zero-order valence-electron chi connectivity index (χ0n) is 24.5. The zero-order valence-corrected chi connectivity index (χ0v) is 24.5. The second kappa shape index (κ2) is 9.79. The van der Waals surface area contributed by atoms with Crippen LogP contribution in [0, 0.1) is 0 Å². The molecule has 0 bridgehead atoms. The molecule has 6 aromatic rings. The van der Waals surface area contributed by atoms with Gasteiger partial charge in [0.15, 0.2) is 46.0 Å². The number of phenols is 4. The van der Waals surface area contributed by atoms with Crippen molar-refractivity contribution >= 4 is 34.0 Å². The van der Waals surface area contributed by atoms with Crippen LogP contribution in [0.5, 0.6) is 46.0 Å². The highest BCUT2D eigenvalue weighted by Crippen LogP contribution is 2.62. The fourth-order valence-corrected chi connectivity index (χ4v) is 6.75. The van der Waals surface area contributed by atoms with Crippen molar-refractivity contribution in [3.63, 3.8) is 0 Å². The normalized spacial score (nSPS) is 15.2. The highest BCUT2D eigenvalue weighted by Gasteiger charge is 2.48. The van der Waals surface area contributed by atoms with Gasteiger partial charge in [0.1, 0.15) is 0 Å². The molecule has 0 amide bonds. The predicted octanol–water partition coefficient (Wildman–Crippen LogP) is 6.69. The minimum atomic E-state index is -1.54. The molecule has 230 valence electrons. The molecule has 10 nitrogen and oxygen atoms in total. The summed E-state index contributed by atoms with van der Waals surface area (Å²) in [6.07, 6.45) is 2.98. The molecule has 47 heavy (non-hydrogen) atoms. The van der Waals surface area contributed by atoms with Crippen LogP contribution in [0.1, 0.15) is 22.3 Å². The minimum Gasteiger partial charge on any atom is -0.504 e. The maximum Gasteiger partial charge on any atom is 0.231 e. The highest BCUT2D eigenvalue weighted by molar-refractivity contribution is 6.06. The van der Waals surface area contributed by atoms with Crippen molar-refractivity contribution in [3.05, 3.63) is 107 Å². The second-order valence-corrected chi connectivity index (χ2v) is 11.4. The van der Waals surface area contributed by atoms with Gasteiger partial charge in [0.25, 0.3) is 0 Å². The number of phenolic OH excluding ortho intramolecular Hbond substituents is 4. The molecule has 0 unspecified atom stereocenters. The van der Waals surface area contributed by atoms with Crippen molar-refractivity contribution in [1.29, 1.82) is 0 Å². The number of rotatable bonds is 4. The lowest BCUT2D eigenvalue weighted by molar-refractivity contribution is 0.173. The first-order chi connectivity index (χ1) is 22.9. The maximum absolute atomic E-state index is 11.1. The van der Waals surface area contributed by atoms with E-state index in [0.29, 0.717) is 66.8 Å². The van der Waals surface area contributed by atoms with Crippen molar-refractivity contribution in [2.24, 2.45) is 9.98 Å². The quantitative estimate of drug-likeness (QED) is 0.126. The lowest BCUT2D eigenvalue weighted by Gasteiger charge is -2.24. The third kappa shape index (κ3) is 3.78. The molecular weight excluding hydrogens is 600 g/mol. The fraction of sp³-hybridized carbons (Fsp3) is 0.0811. The van der Waals surface area contributed by atoms with Crippen LogP contribution in [0.15, 0.2) is 94.9 Å². The van der Waals surface area contributed by atoms with E-state index in [1.807, 2.05) is 60.7 Å². The van der Waals surface area contributed by atoms with Crippen LogP contribution in [0.2, 0.25) is 0 Å². The average molecular weight is 625 g/mol. The van der Waals surface area contributed by atoms with Gasteiger partial charge in [-0.25, -0.2) is 0 Å². The first-order valence-corrected chi connectivity index (χ1v) is 14.8. The van der Waals surface area contributed by atoms with Crippen LogP contribution in [-0.4, -0.2) is 46.4 Å². The SMILES string of the molecule is Oc1cc2ccccc2c(/C=N/C2(/N=C/c3c(O)c(O)cc4ccccc34)c3ccc4c(c3-c3c2ccc2c3OCO2)OCO4)c1O. The number of ether oxygens (including phenoxy) is 4. The number of hydrogen-bond donors (Lipinski definition) is 4. The highest BCUT2D eigenvalue weighted by atomic mass is 16.7. The fourth-order valence-electron chi connectivity index (χ4n) is 6.75. The molecule has 0 radical (unpaired) electrons. The Bertz CT molecular complexity index is 2220. The summed E-state index contributed by atoms with van der Waals surface area (Å²) in [6.45, 7) is 0.0543. The van der Waals surface area contributed by atoms with Gasteiger partial charge in [-0.1, -0.05) is 48.5 Å². The van der Waals surface area contributed by atoms with E-state index in [1.54, 1.807) is 12.1 Å². The van der Waals surface area contributed by atoms with E-state index in [9.17, 15) is 20.4 Å². The van der Waals surface area contributed by atoms with Crippen LogP contribution in [0.25, 0.3) is 32.7 Å². The van der Waals surface area contributed by atoms with Gasteiger partial charge in [0.2, 0.25) is 19.2 Å². The molecule has 0 atom stereocenters. The van der Waals surface area contributed by atoms with Gasteiger partial charge in [0, 0.05) is 45.8 Å². The molecular formula is C37H24N2O8. The molecule has 0 fully saturated rings. The molecule has 0 spiro atoms. The van der Waals surface area contributed by atoms with Crippen molar-refractivity contribution in [3.8, 4) is 57.1 Å². The summed E-state index contributed by atoms with van der Waals surface area (Å²) < 4.78 is 23.5. The van der Waals surface area contributed by atoms with Crippen LogP contribution in [0.3, 0.4) is 0 Å². The molecule has 6 aromatic carbocycles. The Morgan fingerprint density at radius 1 is 0.553 bits per heavy atom. The van der Waals surface area contributed by atoms with Crippen LogP contribution in [-0.2, 0) is 5.66 Å². The molecule has 4 N–H and O–H groups in total. The summed E-state index contributed by atoms with van der Waals surface area (Å²) in [6, 6.07) is 24.9. The number of hydrogen-bond acceptors (Lipinski definition) is 10. The number of aromatic hydroxyl groups is 4. The Balaban J connectivity index is 1.37. The number of nitrogens with zero attached hydrogens (tertiary/aromatic N) is 2. The van der Waals surface area contributed by atoms with E-state index in [1.165, 1.54) is 24.6 Å². The summed E-state index contributed by atoms with van der Waals surface area (Å²) in [5.41, 5.74) is 1.57. The van der Waals surface area contributed by atoms with E-state index in [-0.39, 0.29) is 47.7 Å². The second-order valence-electron chi connectivity index (χ2n) is 11.4. The van der Waals surface area contributed by atoms with E-state index < -0.39 is 5.66 Å². The number of benzene rings is 6. The molecule has 0 saturated heterocycles. The van der Waals surface area contributed by atoms with Gasteiger partial charge >= 0.3 is 0 Å². The first kappa shape index (κ1) is 26.9.